The van der Waals surface area contributed by atoms with Gasteiger partial charge in [-0.15, -0.1) is 0 Å². The maximum atomic E-state index is 9.96. The van der Waals surface area contributed by atoms with E-state index in [-0.39, 0.29) is 12.4 Å². The lowest BCUT2D eigenvalue weighted by Gasteiger charge is -2.07. The Morgan fingerprint density at radius 2 is 2.15 bits per heavy atom. The van der Waals surface area contributed by atoms with E-state index in [9.17, 15) is 9.90 Å². The highest BCUT2D eigenvalue weighted by atomic mass is 16.5. The number of carbonyl (C=O) groups is 1. The second-order valence-corrected chi connectivity index (χ2v) is 3.00. The predicted octanol–water partition coefficient (Wildman–Crippen LogP) is 1.68. The Bertz CT molecular complexity index is 318. The van der Waals surface area contributed by atoms with Gasteiger partial charge in [0, 0.05) is 5.56 Å². The molecular formula is C10H12O3. The molecule has 0 unspecified atom stereocenters. The molecule has 1 aromatic rings. The summed E-state index contributed by atoms with van der Waals surface area (Å²) in [5.41, 5.74) is 2.48. The van der Waals surface area contributed by atoms with Crippen LogP contribution in [0.1, 0.15) is 16.7 Å². The van der Waals surface area contributed by atoms with Gasteiger partial charge in [0.25, 0.3) is 6.47 Å². The minimum atomic E-state index is 0.123. The normalized spacial score (nSPS) is 9.69. The van der Waals surface area contributed by atoms with E-state index in [1.54, 1.807) is 6.07 Å². The van der Waals surface area contributed by atoms with Crippen LogP contribution >= 0.6 is 0 Å². The average Bonchev–Trinajstić information content (AvgIpc) is 2.09. The van der Waals surface area contributed by atoms with E-state index in [4.69, 9.17) is 0 Å². The molecule has 3 heteroatoms. The van der Waals surface area contributed by atoms with Crippen LogP contribution in [0.3, 0.4) is 0 Å². The monoisotopic (exact) mass is 180 g/mol. The van der Waals surface area contributed by atoms with Crippen molar-refractivity contribution in [1.29, 1.82) is 0 Å². The standard InChI is InChI=1S/C10H12O3/c1-7-3-8(2)10(12)9(4-7)5-13-6-11/h3-4,6,12H,5H2,1-2H3. The third kappa shape index (κ3) is 2.21. The lowest BCUT2D eigenvalue weighted by Crippen LogP contribution is -1.93. The number of hydrogen-bond donors (Lipinski definition) is 1. The van der Waals surface area contributed by atoms with E-state index in [1.165, 1.54) is 0 Å². The van der Waals surface area contributed by atoms with Crippen molar-refractivity contribution < 1.29 is 14.6 Å². The van der Waals surface area contributed by atoms with Crippen LogP contribution in [0, 0.1) is 13.8 Å². The Morgan fingerprint density at radius 3 is 2.77 bits per heavy atom. The summed E-state index contributed by atoms with van der Waals surface area (Å²) in [5.74, 6) is 0.201. The van der Waals surface area contributed by atoms with Gasteiger partial charge in [0.2, 0.25) is 0 Å². The predicted molar refractivity (Wildman–Crippen MR) is 48.4 cm³/mol. The summed E-state index contributed by atoms with van der Waals surface area (Å²) in [5, 5.41) is 9.55. The topological polar surface area (TPSA) is 46.5 Å². The molecule has 0 atom stereocenters. The van der Waals surface area contributed by atoms with Crippen molar-refractivity contribution in [1.82, 2.24) is 0 Å². The third-order valence-electron chi connectivity index (χ3n) is 1.83. The lowest BCUT2D eigenvalue weighted by molar-refractivity contribution is -0.129. The van der Waals surface area contributed by atoms with Crippen molar-refractivity contribution in [3.8, 4) is 5.75 Å². The molecule has 0 aliphatic heterocycles. The van der Waals surface area contributed by atoms with E-state index in [1.807, 2.05) is 19.9 Å². The summed E-state index contributed by atoms with van der Waals surface area (Å²) >= 11 is 0. The zero-order valence-electron chi connectivity index (χ0n) is 7.70. The van der Waals surface area contributed by atoms with E-state index in [2.05, 4.69) is 4.74 Å². The fourth-order valence-electron chi connectivity index (χ4n) is 1.28. The number of aryl methyl sites for hydroxylation is 2. The number of aromatic hydroxyl groups is 1. The number of phenolic OH excluding ortho intramolecular Hbond substituents is 1. The quantitative estimate of drug-likeness (QED) is 0.720. The molecule has 3 nitrogen and oxygen atoms in total. The Balaban J connectivity index is 2.98. The molecule has 0 saturated heterocycles. The van der Waals surface area contributed by atoms with Crippen molar-refractivity contribution in [2.45, 2.75) is 20.5 Å². The van der Waals surface area contributed by atoms with Crippen molar-refractivity contribution in [3.63, 3.8) is 0 Å². The van der Waals surface area contributed by atoms with Gasteiger partial charge < -0.3 is 9.84 Å². The van der Waals surface area contributed by atoms with E-state index in [0.717, 1.165) is 11.1 Å². The van der Waals surface area contributed by atoms with Crippen molar-refractivity contribution in [2.24, 2.45) is 0 Å². The zero-order chi connectivity index (χ0) is 9.84. The number of carbonyl (C=O) groups excluding carboxylic acids is 1. The zero-order valence-corrected chi connectivity index (χ0v) is 7.70. The summed E-state index contributed by atoms with van der Waals surface area (Å²) in [7, 11) is 0. The Kier molecular flexibility index (Phi) is 2.90. The first kappa shape index (κ1) is 9.58. The molecule has 70 valence electrons. The number of ether oxygens (including phenoxy) is 1. The Morgan fingerprint density at radius 1 is 1.46 bits per heavy atom. The first-order valence-electron chi connectivity index (χ1n) is 3.99. The molecule has 0 aliphatic rings. The average molecular weight is 180 g/mol. The SMILES string of the molecule is Cc1cc(C)c(O)c(COC=O)c1. The van der Waals surface area contributed by atoms with Crippen LogP contribution in [0.25, 0.3) is 0 Å². The maximum Gasteiger partial charge on any atom is 0.293 e. The number of hydrogen-bond acceptors (Lipinski definition) is 3. The van der Waals surface area contributed by atoms with Gasteiger partial charge in [0.15, 0.2) is 0 Å². The highest BCUT2D eigenvalue weighted by Gasteiger charge is 2.05. The number of rotatable bonds is 3. The van der Waals surface area contributed by atoms with Gasteiger partial charge in [0.05, 0.1) is 0 Å². The van der Waals surface area contributed by atoms with Crippen LogP contribution in [0.4, 0.5) is 0 Å². The minimum Gasteiger partial charge on any atom is -0.507 e. The molecule has 0 amide bonds. The van der Waals surface area contributed by atoms with E-state index in [0.29, 0.717) is 12.0 Å². The van der Waals surface area contributed by atoms with Crippen LogP contribution in [0.15, 0.2) is 12.1 Å². The molecule has 1 rings (SSSR count). The summed E-state index contributed by atoms with van der Waals surface area (Å²) < 4.78 is 4.57. The highest BCUT2D eigenvalue weighted by Crippen LogP contribution is 2.23. The second-order valence-electron chi connectivity index (χ2n) is 3.00. The van der Waals surface area contributed by atoms with Crippen LogP contribution in [-0.2, 0) is 16.1 Å². The minimum absolute atomic E-state index is 0.123. The molecule has 1 aromatic carbocycles. The largest absolute Gasteiger partial charge is 0.507 e. The molecule has 0 aromatic heterocycles. The van der Waals surface area contributed by atoms with Gasteiger partial charge in [-0.1, -0.05) is 11.6 Å². The molecule has 0 bridgehead atoms. The molecule has 0 heterocycles. The summed E-state index contributed by atoms with van der Waals surface area (Å²) in [6.45, 7) is 4.23. The summed E-state index contributed by atoms with van der Waals surface area (Å²) in [6.07, 6.45) is 0. The van der Waals surface area contributed by atoms with Gasteiger partial charge in [-0.25, -0.2) is 0 Å². The van der Waals surface area contributed by atoms with Gasteiger partial charge in [-0.3, -0.25) is 4.79 Å². The van der Waals surface area contributed by atoms with Crippen LogP contribution in [0.5, 0.6) is 5.75 Å². The van der Waals surface area contributed by atoms with Gasteiger partial charge in [-0.2, -0.15) is 0 Å². The molecule has 1 N–H and O–H groups in total. The van der Waals surface area contributed by atoms with Gasteiger partial charge in [-0.05, 0) is 25.5 Å². The fourth-order valence-corrected chi connectivity index (χ4v) is 1.28. The summed E-state index contributed by atoms with van der Waals surface area (Å²) in [6, 6.07) is 3.67. The lowest BCUT2D eigenvalue weighted by atomic mass is 10.1. The van der Waals surface area contributed by atoms with Crippen LogP contribution < -0.4 is 0 Å². The number of benzene rings is 1. The molecule has 13 heavy (non-hydrogen) atoms. The smallest absolute Gasteiger partial charge is 0.293 e. The van der Waals surface area contributed by atoms with Crippen molar-refractivity contribution in [3.05, 3.63) is 28.8 Å². The van der Waals surface area contributed by atoms with E-state index >= 15 is 0 Å². The molecule has 0 aliphatic carbocycles. The molecule has 0 spiro atoms. The second kappa shape index (κ2) is 3.94. The van der Waals surface area contributed by atoms with Gasteiger partial charge >= 0.3 is 0 Å². The van der Waals surface area contributed by atoms with Crippen molar-refractivity contribution in [2.75, 3.05) is 0 Å². The van der Waals surface area contributed by atoms with Gasteiger partial charge in [0.1, 0.15) is 12.4 Å². The highest BCUT2D eigenvalue weighted by molar-refractivity contribution is 5.44. The molecular weight excluding hydrogens is 168 g/mol. The molecule has 0 saturated carbocycles. The first-order valence-corrected chi connectivity index (χ1v) is 3.99. The summed E-state index contributed by atoms with van der Waals surface area (Å²) in [4.78, 5) is 9.96. The number of phenols is 1. The Labute approximate surface area is 77.0 Å². The Hall–Kier alpha value is -1.51. The third-order valence-corrected chi connectivity index (χ3v) is 1.83. The maximum absolute atomic E-state index is 9.96. The van der Waals surface area contributed by atoms with Crippen molar-refractivity contribution >= 4 is 6.47 Å². The fraction of sp³-hybridized carbons (Fsp3) is 0.300. The van der Waals surface area contributed by atoms with Crippen LogP contribution in [-0.4, -0.2) is 11.6 Å². The van der Waals surface area contributed by atoms with Crippen LogP contribution in [0.2, 0.25) is 0 Å². The molecule has 0 fully saturated rings. The van der Waals surface area contributed by atoms with E-state index < -0.39 is 0 Å². The molecule has 0 radical (unpaired) electrons. The first-order chi connectivity index (χ1) is 6.15.